The minimum Gasteiger partial charge on any atom is -0.445 e. The number of rotatable bonds is 2. The van der Waals surface area contributed by atoms with Gasteiger partial charge in [-0.3, -0.25) is 4.79 Å². The van der Waals surface area contributed by atoms with Crippen molar-refractivity contribution in [1.29, 1.82) is 0 Å². The zero-order valence-electron chi connectivity index (χ0n) is 12.4. The highest BCUT2D eigenvalue weighted by Gasteiger charge is 2.43. The van der Waals surface area contributed by atoms with E-state index in [2.05, 4.69) is 5.32 Å². The molecular formula is C17H21NO3. The van der Waals surface area contributed by atoms with Gasteiger partial charge in [0.05, 0.1) is 5.56 Å². The van der Waals surface area contributed by atoms with E-state index in [9.17, 15) is 9.59 Å². The van der Waals surface area contributed by atoms with Gasteiger partial charge in [-0.05, 0) is 31.4 Å². The zero-order valence-corrected chi connectivity index (χ0v) is 12.4. The van der Waals surface area contributed by atoms with Gasteiger partial charge in [0, 0.05) is 12.5 Å². The van der Waals surface area contributed by atoms with E-state index in [1.807, 2.05) is 18.2 Å². The van der Waals surface area contributed by atoms with Gasteiger partial charge in [-0.15, -0.1) is 0 Å². The summed E-state index contributed by atoms with van der Waals surface area (Å²) < 4.78 is 5.45. The van der Waals surface area contributed by atoms with E-state index in [0.717, 1.165) is 31.2 Å². The summed E-state index contributed by atoms with van der Waals surface area (Å²) in [5.41, 5.74) is 0.360. The Morgan fingerprint density at radius 3 is 2.71 bits per heavy atom. The van der Waals surface area contributed by atoms with Crippen molar-refractivity contribution in [2.45, 2.75) is 57.1 Å². The highest BCUT2D eigenvalue weighted by molar-refractivity contribution is 5.97. The zero-order chi connectivity index (χ0) is 14.9. The van der Waals surface area contributed by atoms with Crippen molar-refractivity contribution in [2.24, 2.45) is 0 Å². The lowest BCUT2D eigenvalue weighted by atomic mass is 9.88. The van der Waals surface area contributed by atoms with Crippen molar-refractivity contribution < 1.29 is 14.3 Å². The number of carbonyl (C=O) groups excluding carboxylic acids is 2. The highest BCUT2D eigenvalue weighted by Crippen LogP contribution is 2.29. The van der Waals surface area contributed by atoms with Crippen LogP contribution in [0.2, 0.25) is 0 Å². The average Bonchev–Trinajstić information content (AvgIpc) is 2.48. The number of cyclic esters (lactones) is 1. The lowest BCUT2D eigenvalue weighted by Gasteiger charge is -2.35. The van der Waals surface area contributed by atoms with Crippen molar-refractivity contribution in [2.75, 3.05) is 0 Å². The summed E-state index contributed by atoms with van der Waals surface area (Å²) in [6.07, 6.45) is 6.03. The molecule has 1 amide bonds. The van der Waals surface area contributed by atoms with E-state index in [0.29, 0.717) is 12.0 Å². The van der Waals surface area contributed by atoms with Crippen LogP contribution in [0.15, 0.2) is 24.3 Å². The van der Waals surface area contributed by atoms with Crippen LogP contribution < -0.4 is 5.32 Å². The van der Waals surface area contributed by atoms with Gasteiger partial charge in [0.15, 0.2) is 5.60 Å². The molecule has 1 aromatic rings. The fraction of sp³-hybridized carbons (Fsp3) is 0.529. The maximum Gasteiger partial charge on any atom is 0.339 e. The fourth-order valence-electron chi connectivity index (χ4n) is 3.24. The minimum absolute atomic E-state index is 0.169. The number of carbonyl (C=O) groups is 2. The number of hydrogen-bond donors (Lipinski definition) is 1. The standard InChI is InChI=1S/C17H21NO3/c1-17(16(20)18-13-8-3-2-4-9-13)11-12-7-5-6-10-14(12)15(19)21-17/h5-7,10,13H,2-4,8-9,11H2,1H3,(H,18,20). The summed E-state index contributed by atoms with van der Waals surface area (Å²) in [4.78, 5) is 24.7. The molecule has 0 spiro atoms. The minimum atomic E-state index is -1.09. The summed E-state index contributed by atoms with van der Waals surface area (Å²) in [5.74, 6) is -0.574. The van der Waals surface area contributed by atoms with Crippen LogP contribution in [0.5, 0.6) is 0 Å². The largest absolute Gasteiger partial charge is 0.445 e. The molecule has 2 aliphatic rings. The van der Waals surface area contributed by atoms with Crippen molar-refractivity contribution in [3.8, 4) is 0 Å². The van der Waals surface area contributed by atoms with Crippen LogP contribution in [0, 0.1) is 0 Å². The van der Waals surface area contributed by atoms with E-state index in [1.54, 1.807) is 13.0 Å². The molecule has 4 heteroatoms. The van der Waals surface area contributed by atoms with Crippen LogP contribution in [0.25, 0.3) is 0 Å². The lowest BCUT2D eigenvalue weighted by molar-refractivity contribution is -0.140. The fourth-order valence-corrected chi connectivity index (χ4v) is 3.24. The van der Waals surface area contributed by atoms with Gasteiger partial charge in [0.1, 0.15) is 0 Å². The molecule has 1 N–H and O–H groups in total. The molecule has 112 valence electrons. The van der Waals surface area contributed by atoms with Crippen molar-refractivity contribution in [3.63, 3.8) is 0 Å². The second kappa shape index (κ2) is 5.51. The molecule has 3 rings (SSSR count). The summed E-state index contributed by atoms with van der Waals surface area (Å²) >= 11 is 0. The van der Waals surface area contributed by atoms with Crippen LogP contribution in [-0.4, -0.2) is 23.5 Å². The lowest BCUT2D eigenvalue weighted by Crippen LogP contribution is -2.54. The van der Waals surface area contributed by atoms with Crippen molar-refractivity contribution in [3.05, 3.63) is 35.4 Å². The summed E-state index contributed by atoms with van der Waals surface area (Å²) in [6, 6.07) is 7.55. The van der Waals surface area contributed by atoms with Crippen molar-refractivity contribution >= 4 is 11.9 Å². The molecule has 1 saturated carbocycles. The topological polar surface area (TPSA) is 55.4 Å². The number of esters is 1. The highest BCUT2D eigenvalue weighted by atomic mass is 16.6. The third-order valence-electron chi connectivity index (χ3n) is 4.50. The first kappa shape index (κ1) is 14.1. The van der Waals surface area contributed by atoms with Crippen LogP contribution in [0.3, 0.4) is 0 Å². The summed E-state index contributed by atoms with van der Waals surface area (Å²) in [6.45, 7) is 1.71. The van der Waals surface area contributed by atoms with Gasteiger partial charge in [-0.1, -0.05) is 37.5 Å². The Hall–Kier alpha value is -1.84. The predicted molar refractivity (Wildman–Crippen MR) is 79.0 cm³/mol. The van der Waals surface area contributed by atoms with E-state index in [-0.39, 0.29) is 11.9 Å². The van der Waals surface area contributed by atoms with Gasteiger partial charge in [0.25, 0.3) is 5.91 Å². The first-order valence-electron chi connectivity index (χ1n) is 7.71. The maximum atomic E-state index is 12.6. The normalized spacial score (nSPS) is 25.9. The van der Waals surface area contributed by atoms with Gasteiger partial charge in [-0.2, -0.15) is 0 Å². The van der Waals surface area contributed by atoms with Crippen LogP contribution in [0.4, 0.5) is 0 Å². The monoisotopic (exact) mass is 287 g/mol. The molecule has 4 nitrogen and oxygen atoms in total. The Morgan fingerprint density at radius 1 is 1.24 bits per heavy atom. The van der Waals surface area contributed by atoms with Gasteiger partial charge >= 0.3 is 5.97 Å². The Morgan fingerprint density at radius 2 is 1.95 bits per heavy atom. The number of nitrogens with one attached hydrogen (secondary N) is 1. The first-order chi connectivity index (χ1) is 10.1. The average molecular weight is 287 g/mol. The van der Waals surface area contributed by atoms with Gasteiger partial charge in [-0.25, -0.2) is 4.79 Å². The number of benzene rings is 1. The van der Waals surface area contributed by atoms with E-state index >= 15 is 0 Å². The number of fused-ring (bicyclic) bond motifs is 1. The number of hydrogen-bond acceptors (Lipinski definition) is 3. The Bertz CT molecular complexity index is 563. The summed E-state index contributed by atoms with van der Waals surface area (Å²) in [7, 11) is 0. The quantitative estimate of drug-likeness (QED) is 0.851. The molecular weight excluding hydrogens is 266 g/mol. The second-order valence-corrected chi connectivity index (χ2v) is 6.26. The first-order valence-corrected chi connectivity index (χ1v) is 7.71. The van der Waals surface area contributed by atoms with Crippen LogP contribution in [-0.2, 0) is 16.0 Å². The smallest absolute Gasteiger partial charge is 0.339 e. The molecule has 1 unspecified atom stereocenters. The van der Waals surface area contributed by atoms with E-state index < -0.39 is 11.6 Å². The third-order valence-corrected chi connectivity index (χ3v) is 4.50. The Kier molecular flexibility index (Phi) is 3.70. The van der Waals surface area contributed by atoms with Crippen LogP contribution >= 0.6 is 0 Å². The third kappa shape index (κ3) is 2.80. The SMILES string of the molecule is CC1(C(=O)NC2CCCCC2)Cc2ccccc2C(=O)O1. The van der Waals surface area contributed by atoms with E-state index in [4.69, 9.17) is 4.74 Å². The van der Waals surface area contributed by atoms with E-state index in [1.165, 1.54) is 6.42 Å². The molecule has 1 aliphatic carbocycles. The van der Waals surface area contributed by atoms with Gasteiger partial charge in [0.2, 0.25) is 0 Å². The molecule has 0 radical (unpaired) electrons. The molecule has 1 fully saturated rings. The maximum absolute atomic E-state index is 12.6. The number of amides is 1. The molecule has 1 aliphatic heterocycles. The molecule has 21 heavy (non-hydrogen) atoms. The molecule has 0 bridgehead atoms. The molecule has 1 aromatic carbocycles. The Balaban J connectivity index is 1.75. The Labute approximate surface area is 124 Å². The molecule has 0 saturated heterocycles. The summed E-state index contributed by atoms with van der Waals surface area (Å²) in [5, 5.41) is 3.06. The predicted octanol–water partition coefficient (Wildman–Crippen LogP) is 2.61. The molecule has 1 heterocycles. The molecule has 0 aromatic heterocycles. The number of ether oxygens (including phenoxy) is 1. The molecule has 1 atom stereocenters. The second-order valence-electron chi connectivity index (χ2n) is 6.26. The van der Waals surface area contributed by atoms with Crippen LogP contribution in [0.1, 0.15) is 54.9 Å². The van der Waals surface area contributed by atoms with Gasteiger partial charge < -0.3 is 10.1 Å². The van der Waals surface area contributed by atoms with Crippen molar-refractivity contribution in [1.82, 2.24) is 5.32 Å².